The zero-order chi connectivity index (χ0) is 15.4. The van der Waals surface area contributed by atoms with E-state index < -0.39 is 13.3 Å². The van der Waals surface area contributed by atoms with Gasteiger partial charge in [-0.2, -0.15) is 0 Å². The highest BCUT2D eigenvalue weighted by atomic mass is 35.5. The molecule has 118 valence electrons. The number of quaternary nitrogens is 2. The fourth-order valence-electron chi connectivity index (χ4n) is 2.94. The predicted molar refractivity (Wildman–Crippen MR) is 73.5 cm³/mol. The summed E-state index contributed by atoms with van der Waals surface area (Å²) in [5.74, 6) is 1.61. The van der Waals surface area contributed by atoms with Crippen molar-refractivity contribution >= 4 is 36.5 Å². The Bertz CT molecular complexity index is 375. The molecule has 2 heterocycles. The highest BCUT2D eigenvalue weighted by molar-refractivity contribution is 7.69. The molecule has 0 amide bonds. The number of carbonyl (C=O) groups excluding carboxylic acids is 1. The minimum absolute atomic E-state index is 0.806. The van der Waals surface area contributed by atoms with E-state index in [0.717, 1.165) is 24.8 Å². The van der Waals surface area contributed by atoms with Crippen LogP contribution in [-0.4, -0.2) is 82.2 Å². The number of carboxylic acid groups (broad SMARTS) is 1. The Kier molecular flexibility index (Phi) is 6.29. The lowest BCUT2D eigenvalue weighted by atomic mass is 10.3. The van der Waals surface area contributed by atoms with Crippen molar-refractivity contribution in [3.63, 3.8) is 0 Å². The standard InChI is InChI=1S/C9H18Cl2N2.CH3O5P/c10-1-3-12-5-7-13(9-12,4-2-11)8-6-12;2-1(3)7(4,5)6/h1-9H2;(H,2,3)(H2,4,5,6)/q+2;/p-1. The van der Waals surface area contributed by atoms with Crippen molar-refractivity contribution in [2.75, 3.05) is 57.7 Å². The van der Waals surface area contributed by atoms with E-state index >= 15 is 0 Å². The number of hydrogen-bond acceptors (Lipinski definition) is 3. The van der Waals surface area contributed by atoms with E-state index in [9.17, 15) is 4.57 Å². The number of carbonyl (C=O) groups is 1. The Hall–Kier alpha value is 0.120. The van der Waals surface area contributed by atoms with Gasteiger partial charge in [-0.05, 0) is 0 Å². The molecule has 0 aromatic carbocycles. The molecule has 2 rings (SSSR count). The highest BCUT2D eigenvalue weighted by Crippen LogP contribution is 2.32. The molecule has 0 aliphatic carbocycles. The van der Waals surface area contributed by atoms with Gasteiger partial charge in [0.1, 0.15) is 26.2 Å². The molecule has 2 aliphatic heterocycles. The van der Waals surface area contributed by atoms with Gasteiger partial charge in [0.2, 0.25) is 6.67 Å². The van der Waals surface area contributed by atoms with E-state index in [2.05, 4.69) is 0 Å². The largest absolute Gasteiger partial charge is 0.538 e. The van der Waals surface area contributed by atoms with Crippen LogP contribution in [0, 0.1) is 0 Å². The maximum atomic E-state index is 9.36. The second-order valence-corrected chi connectivity index (χ2v) is 7.56. The van der Waals surface area contributed by atoms with Crippen molar-refractivity contribution in [3.05, 3.63) is 0 Å². The van der Waals surface area contributed by atoms with E-state index in [1.165, 1.54) is 41.8 Å². The fraction of sp³-hybridized carbons (Fsp3) is 0.900. The maximum Gasteiger partial charge on any atom is 0.371 e. The zero-order valence-corrected chi connectivity index (χ0v) is 13.5. The first-order chi connectivity index (χ1) is 9.19. The number of halogens is 2. The molecule has 2 saturated heterocycles. The third-order valence-corrected chi connectivity index (χ3v) is 4.87. The average Bonchev–Trinajstić information content (AvgIpc) is 2.85. The number of piperazine rings is 1. The van der Waals surface area contributed by atoms with E-state index in [1.807, 2.05) is 0 Å². The second-order valence-electron chi connectivity index (χ2n) is 5.35. The summed E-state index contributed by atoms with van der Waals surface area (Å²) in [6.45, 7) is 8.90. The Morgan fingerprint density at radius 3 is 1.55 bits per heavy atom. The summed E-state index contributed by atoms with van der Waals surface area (Å²) < 4.78 is 11.9. The van der Waals surface area contributed by atoms with Gasteiger partial charge in [0.05, 0.1) is 24.8 Å². The summed E-state index contributed by atoms with van der Waals surface area (Å²) in [6.07, 6.45) is 0. The van der Waals surface area contributed by atoms with Gasteiger partial charge < -0.3 is 19.7 Å². The predicted octanol–water partition coefficient (Wildman–Crippen LogP) is -0.410. The molecular weight excluding hydrogens is 330 g/mol. The minimum atomic E-state index is -4.93. The number of rotatable bonds is 5. The fourth-order valence-corrected chi connectivity index (χ4v) is 3.66. The number of nitrogens with zero attached hydrogens (tertiary/aromatic N) is 2. The molecule has 0 spiro atoms. The quantitative estimate of drug-likeness (QED) is 0.399. The summed E-state index contributed by atoms with van der Waals surface area (Å²) in [6, 6.07) is 0. The number of fused-ring (bicyclic) bond motifs is 2. The van der Waals surface area contributed by atoms with Gasteiger partial charge in [0, 0.05) is 0 Å². The van der Waals surface area contributed by atoms with Crippen molar-refractivity contribution in [2.45, 2.75) is 0 Å². The van der Waals surface area contributed by atoms with Gasteiger partial charge >= 0.3 is 7.60 Å². The monoisotopic (exact) mass is 349 g/mol. The highest BCUT2D eigenvalue weighted by Gasteiger charge is 2.54. The smallest absolute Gasteiger partial charge is 0.371 e. The van der Waals surface area contributed by atoms with Crippen LogP contribution >= 0.6 is 30.8 Å². The van der Waals surface area contributed by atoms with Crippen LogP contribution in [0.3, 0.4) is 0 Å². The molecule has 10 heteroatoms. The minimum Gasteiger partial charge on any atom is -0.538 e. The summed E-state index contributed by atoms with van der Waals surface area (Å²) in [4.78, 5) is 24.2. The van der Waals surface area contributed by atoms with Crippen LogP contribution in [0.5, 0.6) is 0 Å². The van der Waals surface area contributed by atoms with Crippen molar-refractivity contribution < 1.29 is 33.2 Å². The molecule has 2 bridgehead atoms. The van der Waals surface area contributed by atoms with E-state index in [4.69, 9.17) is 42.9 Å². The molecule has 7 nitrogen and oxygen atoms in total. The summed E-state index contributed by atoms with van der Waals surface area (Å²) in [5, 5.41) is 9.15. The summed E-state index contributed by atoms with van der Waals surface area (Å²) in [7, 11) is -4.93. The van der Waals surface area contributed by atoms with Crippen LogP contribution in [0.2, 0.25) is 0 Å². The van der Waals surface area contributed by atoms with Gasteiger partial charge in [-0.25, -0.2) is 0 Å². The lowest BCUT2D eigenvalue weighted by Crippen LogP contribution is -2.48. The van der Waals surface area contributed by atoms with Gasteiger partial charge in [-0.1, -0.05) is 0 Å². The van der Waals surface area contributed by atoms with Crippen LogP contribution in [-0.2, 0) is 4.57 Å². The van der Waals surface area contributed by atoms with E-state index in [-0.39, 0.29) is 0 Å². The summed E-state index contributed by atoms with van der Waals surface area (Å²) in [5.41, 5.74) is -2.34. The van der Waals surface area contributed by atoms with E-state index in [0.29, 0.717) is 0 Å². The van der Waals surface area contributed by atoms with Crippen LogP contribution in [0.4, 0.5) is 4.79 Å². The third kappa shape index (κ3) is 4.56. The first-order valence-corrected chi connectivity index (χ1v) is 8.96. The van der Waals surface area contributed by atoms with Crippen molar-refractivity contribution in [3.8, 4) is 0 Å². The SMILES string of the molecule is ClCC[N+]12CC[N+](CCCl)(CC1)C2.O=C([O-])P(=O)(O)O. The van der Waals surface area contributed by atoms with Crippen LogP contribution in [0.1, 0.15) is 0 Å². The van der Waals surface area contributed by atoms with Crippen LogP contribution in [0.15, 0.2) is 0 Å². The maximum absolute atomic E-state index is 9.36. The van der Waals surface area contributed by atoms with Gasteiger partial charge in [-0.3, -0.25) is 13.5 Å². The third-order valence-electron chi connectivity index (χ3n) is 4.05. The Morgan fingerprint density at radius 1 is 1.05 bits per heavy atom. The Balaban J connectivity index is 0.000000246. The van der Waals surface area contributed by atoms with Crippen molar-refractivity contribution in [1.82, 2.24) is 0 Å². The molecule has 2 N–H and O–H groups in total. The lowest BCUT2D eigenvalue weighted by Gasteiger charge is -2.26. The van der Waals surface area contributed by atoms with Crippen molar-refractivity contribution in [2.24, 2.45) is 0 Å². The van der Waals surface area contributed by atoms with Crippen LogP contribution < -0.4 is 5.11 Å². The molecule has 0 atom stereocenters. The van der Waals surface area contributed by atoms with Gasteiger partial charge in [0.25, 0.3) is 0 Å². The van der Waals surface area contributed by atoms with Crippen LogP contribution in [0.25, 0.3) is 0 Å². The van der Waals surface area contributed by atoms with Gasteiger partial charge in [0.15, 0.2) is 5.71 Å². The molecule has 20 heavy (non-hydrogen) atoms. The van der Waals surface area contributed by atoms with E-state index in [1.54, 1.807) is 0 Å². The first kappa shape index (κ1) is 18.2. The first-order valence-electron chi connectivity index (χ1n) is 6.28. The molecule has 0 aromatic rings. The molecule has 0 aromatic heterocycles. The lowest BCUT2D eigenvalue weighted by molar-refractivity contribution is -0.985. The summed E-state index contributed by atoms with van der Waals surface area (Å²) >= 11 is 11.7. The molecular formula is C10H20Cl2N2O5P+. The second kappa shape index (κ2) is 6.92. The number of hydrogen-bond donors (Lipinski definition) is 2. The molecule has 2 aliphatic rings. The van der Waals surface area contributed by atoms with Gasteiger partial charge in [-0.15, -0.1) is 23.2 Å². The average molecular weight is 350 g/mol. The normalized spacial score (nSPS) is 31.8. The van der Waals surface area contributed by atoms with Crippen molar-refractivity contribution in [1.29, 1.82) is 0 Å². The zero-order valence-electron chi connectivity index (χ0n) is 11.1. The Morgan fingerprint density at radius 2 is 1.35 bits per heavy atom. The Labute approximate surface area is 128 Å². The molecule has 0 radical (unpaired) electrons. The topological polar surface area (TPSA) is 97.7 Å². The molecule has 2 fully saturated rings. The number of alkyl halides is 2. The molecule has 0 saturated carbocycles. The molecule has 0 unspecified atom stereocenters.